The predicted octanol–water partition coefficient (Wildman–Crippen LogP) is 4.77. The van der Waals surface area contributed by atoms with Crippen LogP contribution in [-0.4, -0.2) is 19.5 Å². The molecular weight excluding hydrogens is 440 g/mol. The van der Waals surface area contributed by atoms with E-state index in [2.05, 4.69) is 30.7 Å². The van der Waals surface area contributed by atoms with Crippen LogP contribution in [0, 0.1) is 11.8 Å². The number of thiophene rings is 1. The monoisotopic (exact) mass is 466 g/mol. The predicted molar refractivity (Wildman–Crippen MR) is 132 cm³/mol. The van der Waals surface area contributed by atoms with Gasteiger partial charge < -0.3 is 4.98 Å². The van der Waals surface area contributed by atoms with Crippen molar-refractivity contribution in [3.63, 3.8) is 0 Å². The normalized spacial score (nSPS) is 16.2. The van der Waals surface area contributed by atoms with Gasteiger partial charge >= 0.3 is 0 Å². The van der Waals surface area contributed by atoms with Crippen molar-refractivity contribution in [2.45, 2.75) is 57.5 Å². The second-order valence-electron chi connectivity index (χ2n) is 9.05. The molecule has 32 heavy (non-hydrogen) atoms. The lowest BCUT2D eigenvalue weighted by Crippen LogP contribution is -2.26. The molecule has 0 spiro atoms. The molecule has 166 valence electrons. The number of nitrogens with one attached hydrogen (secondary N) is 1. The number of benzene rings is 1. The minimum Gasteiger partial charge on any atom is -0.309 e. The molecule has 5 rings (SSSR count). The smallest absolute Gasteiger partial charge is 0.263 e. The Kier molecular flexibility index (Phi) is 5.67. The lowest BCUT2D eigenvalue weighted by Gasteiger charge is -2.18. The maximum atomic E-state index is 13.6. The van der Waals surface area contributed by atoms with Gasteiger partial charge in [-0.25, -0.2) is 9.97 Å². The molecule has 1 aliphatic rings. The number of hydrogen-bond acceptors (Lipinski definition) is 6. The molecule has 0 saturated heterocycles. The molecular formula is C24H26N4O2S2. The zero-order chi connectivity index (χ0) is 22.4. The van der Waals surface area contributed by atoms with Gasteiger partial charge in [0.25, 0.3) is 11.1 Å². The first kappa shape index (κ1) is 21.4. The Bertz CT molecular complexity index is 1430. The van der Waals surface area contributed by atoms with Crippen molar-refractivity contribution in [3.8, 4) is 0 Å². The number of rotatable bonds is 5. The third-order valence-corrected chi connectivity index (χ3v) is 8.06. The van der Waals surface area contributed by atoms with Gasteiger partial charge in [0.2, 0.25) is 0 Å². The molecule has 0 fully saturated rings. The number of aromatic nitrogens is 4. The Balaban J connectivity index is 1.55. The van der Waals surface area contributed by atoms with E-state index in [0.717, 1.165) is 29.5 Å². The van der Waals surface area contributed by atoms with Gasteiger partial charge in [-0.05, 0) is 48.8 Å². The van der Waals surface area contributed by atoms with Crippen molar-refractivity contribution < 1.29 is 0 Å². The summed E-state index contributed by atoms with van der Waals surface area (Å²) in [4.78, 5) is 40.6. The minimum atomic E-state index is -0.144. The van der Waals surface area contributed by atoms with Crippen molar-refractivity contribution in [1.29, 1.82) is 0 Å². The van der Waals surface area contributed by atoms with Crippen molar-refractivity contribution in [2.75, 3.05) is 0 Å². The largest absolute Gasteiger partial charge is 0.309 e. The van der Waals surface area contributed by atoms with E-state index in [1.165, 1.54) is 22.2 Å². The van der Waals surface area contributed by atoms with Crippen LogP contribution in [0.5, 0.6) is 0 Å². The summed E-state index contributed by atoms with van der Waals surface area (Å²) in [6.45, 7) is 7.11. The van der Waals surface area contributed by atoms with Gasteiger partial charge in [0.05, 0.1) is 22.0 Å². The zero-order valence-electron chi connectivity index (χ0n) is 18.5. The molecule has 0 aliphatic heterocycles. The number of aryl methyl sites for hydroxylation is 1. The highest BCUT2D eigenvalue weighted by Crippen LogP contribution is 2.36. The van der Waals surface area contributed by atoms with Crippen LogP contribution in [0.15, 0.2) is 39.0 Å². The van der Waals surface area contributed by atoms with E-state index >= 15 is 0 Å². The SMILES string of the molecule is CC(C)Cn1c(SCc2nc3ccccc3c(=O)[nH]2)nc2sc3c(c2c1=O)CCC(C)C3. The van der Waals surface area contributed by atoms with Crippen LogP contribution in [0.1, 0.15) is 43.5 Å². The molecule has 8 heteroatoms. The second-order valence-corrected chi connectivity index (χ2v) is 11.1. The van der Waals surface area contributed by atoms with E-state index in [0.29, 0.717) is 46.0 Å². The first-order valence-corrected chi connectivity index (χ1v) is 12.9. The van der Waals surface area contributed by atoms with E-state index < -0.39 is 0 Å². The van der Waals surface area contributed by atoms with Crippen LogP contribution in [0.2, 0.25) is 0 Å². The average molecular weight is 467 g/mol. The molecule has 6 nitrogen and oxygen atoms in total. The maximum Gasteiger partial charge on any atom is 0.263 e. The third-order valence-electron chi connectivity index (χ3n) is 5.93. The highest BCUT2D eigenvalue weighted by molar-refractivity contribution is 7.98. The van der Waals surface area contributed by atoms with Gasteiger partial charge in [0, 0.05) is 11.4 Å². The third kappa shape index (κ3) is 3.90. The van der Waals surface area contributed by atoms with E-state index in [4.69, 9.17) is 4.98 Å². The van der Waals surface area contributed by atoms with Gasteiger partial charge in [0.15, 0.2) is 5.16 Å². The van der Waals surface area contributed by atoms with Crippen LogP contribution in [0.4, 0.5) is 0 Å². The highest BCUT2D eigenvalue weighted by Gasteiger charge is 2.25. The fourth-order valence-corrected chi connectivity index (χ4v) is 6.68. The van der Waals surface area contributed by atoms with Crippen LogP contribution in [0.25, 0.3) is 21.1 Å². The van der Waals surface area contributed by atoms with Gasteiger partial charge in [0.1, 0.15) is 10.7 Å². The summed E-state index contributed by atoms with van der Waals surface area (Å²) in [6, 6.07) is 7.32. The topological polar surface area (TPSA) is 80.6 Å². The van der Waals surface area contributed by atoms with Crippen molar-refractivity contribution in [3.05, 3.63) is 61.2 Å². The highest BCUT2D eigenvalue weighted by atomic mass is 32.2. The Morgan fingerprint density at radius 2 is 2.06 bits per heavy atom. The lowest BCUT2D eigenvalue weighted by molar-refractivity contribution is 0.474. The number of hydrogen-bond donors (Lipinski definition) is 1. The number of thioether (sulfide) groups is 1. The van der Waals surface area contributed by atoms with Crippen molar-refractivity contribution >= 4 is 44.2 Å². The molecule has 0 bridgehead atoms. The molecule has 3 heterocycles. The molecule has 0 saturated carbocycles. The molecule has 1 N–H and O–H groups in total. The summed E-state index contributed by atoms with van der Waals surface area (Å²) in [6.07, 6.45) is 3.12. The Labute approximate surface area is 194 Å². The van der Waals surface area contributed by atoms with Gasteiger partial charge in [-0.3, -0.25) is 14.2 Å². The summed E-state index contributed by atoms with van der Waals surface area (Å²) in [7, 11) is 0. The fourth-order valence-electron chi connectivity index (χ4n) is 4.38. The van der Waals surface area contributed by atoms with E-state index in [1.54, 1.807) is 17.4 Å². The Morgan fingerprint density at radius 3 is 2.88 bits per heavy atom. The van der Waals surface area contributed by atoms with E-state index in [9.17, 15) is 9.59 Å². The van der Waals surface area contributed by atoms with Crippen LogP contribution >= 0.6 is 23.1 Å². The Morgan fingerprint density at radius 1 is 1.25 bits per heavy atom. The zero-order valence-corrected chi connectivity index (χ0v) is 20.1. The maximum absolute atomic E-state index is 13.6. The van der Waals surface area contributed by atoms with Crippen LogP contribution in [0.3, 0.4) is 0 Å². The number of aromatic amines is 1. The quantitative estimate of drug-likeness (QED) is 0.339. The van der Waals surface area contributed by atoms with E-state index in [-0.39, 0.29) is 11.1 Å². The molecule has 0 amide bonds. The summed E-state index contributed by atoms with van der Waals surface area (Å²) in [5, 5.41) is 2.09. The number of fused-ring (bicyclic) bond motifs is 4. The number of nitrogens with zero attached hydrogens (tertiary/aromatic N) is 3. The summed E-state index contributed by atoms with van der Waals surface area (Å²) < 4.78 is 1.82. The van der Waals surface area contributed by atoms with Crippen LogP contribution in [-0.2, 0) is 25.1 Å². The molecule has 4 aromatic rings. The first-order valence-electron chi connectivity index (χ1n) is 11.1. The fraction of sp³-hybridized carbons (Fsp3) is 0.417. The molecule has 0 radical (unpaired) electrons. The van der Waals surface area contributed by atoms with Crippen molar-refractivity contribution in [2.24, 2.45) is 11.8 Å². The molecule has 1 aliphatic carbocycles. The molecule has 1 unspecified atom stereocenters. The van der Waals surface area contributed by atoms with Crippen LogP contribution < -0.4 is 11.1 Å². The molecule has 3 aromatic heterocycles. The summed E-state index contributed by atoms with van der Waals surface area (Å²) in [5.74, 6) is 2.00. The summed E-state index contributed by atoms with van der Waals surface area (Å²) >= 11 is 3.13. The number of para-hydroxylation sites is 1. The second kappa shape index (κ2) is 8.48. The average Bonchev–Trinajstić information content (AvgIpc) is 3.11. The standard InChI is InChI=1S/C24H26N4O2S2/c1-13(2)11-28-23(30)20-16-9-8-14(3)10-18(16)32-22(20)27-24(28)31-12-19-25-17-7-5-4-6-15(17)21(29)26-19/h4-7,13-14H,8-12H2,1-3H3,(H,25,26,29). The first-order chi connectivity index (χ1) is 15.4. The van der Waals surface area contributed by atoms with E-state index in [1.807, 2.05) is 22.8 Å². The number of H-pyrrole nitrogens is 1. The van der Waals surface area contributed by atoms with Crippen molar-refractivity contribution in [1.82, 2.24) is 19.5 Å². The van der Waals surface area contributed by atoms with Gasteiger partial charge in [-0.2, -0.15) is 0 Å². The molecule has 1 aromatic carbocycles. The van der Waals surface area contributed by atoms with Gasteiger partial charge in [-0.15, -0.1) is 11.3 Å². The van der Waals surface area contributed by atoms with Gasteiger partial charge in [-0.1, -0.05) is 44.7 Å². The lowest BCUT2D eigenvalue weighted by atomic mass is 9.89. The minimum absolute atomic E-state index is 0.0678. The Hall–Kier alpha value is -2.45. The molecule has 1 atom stereocenters. The summed E-state index contributed by atoms with van der Waals surface area (Å²) in [5.41, 5.74) is 1.82.